The topological polar surface area (TPSA) is 121 Å². The molecule has 132 heavy (non-hydrogen) atoms. The predicted octanol–water partition coefficient (Wildman–Crippen LogP) is 37.4. The van der Waals surface area contributed by atoms with Crippen LogP contribution in [0.25, 0.3) is 0 Å². The van der Waals surface area contributed by atoms with Crippen LogP contribution < -0.4 is 9.47 Å². The molecule has 0 radical (unpaired) electrons. The van der Waals surface area contributed by atoms with Gasteiger partial charge in [-0.05, 0) is 305 Å². The Bertz CT molecular complexity index is 4600. The second-order valence-corrected chi connectivity index (χ2v) is 54.6. The average Bonchev–Trinajstić information content (AvgIpc) is 0.817. The molecule has 6 aromatic carbocycles. The Kier molecular flexibility index (Phi) is 50.9. The largest absolute Gasteiger partial charge is 0.493 e. The Labute approximate surface area is 867 Å². The number of carbonyl (C=O) groups excluding carboxylic acids is 6. The summed E-state index contributed by atoms with van der Waals surface area (Å²) in [6, 6.07) is 27.6. The quantitative estimate of drug-likeness (QED) is 0.0445. The second kappa shape index (κ2) is 53.0. The van der Waals surface area contributed by atoms with Gasteiger partial charge in [0.25, 0.3) is 0 Å². The van der Waals surface area contributed by atoms with Crippen molar-refractivity contribution in [2.45, 2.75) is 332 Å². The van der Waals surface area contributed by atoms with Gasteiger partial charge < -0.3 is 9.47 Å². The van der Waals surface area contributed by atoms with E-state index >= 15 is 0 Å². The number of halogens is 13. The molecule has 6 atom stereocenters. The molecule has 6 aromatic rings. The van der Waals surface area contributed by atoms with Crippen molar-refractivity contribution in [1.82, 2.24) is 0 Å². The summed E-state index contributed by atoms with van der Waals surface area (Å²) >= 11 is 45.6. The maximum atomic E-state index is 12.9. The summed E-state index contributed by atoms with van der Waals surface area (Å²) in [6.45, 7) is 74.1. The minimum Gasteiger partial charge on any atom is -0.493 e. The van der Waals surface area contributed by atoms with E-state index in [4.69, 9.17) is 55.9 Å². The second-order valence-electron chi connectivity index (χ2n) is 48.0. The molecule has 0 aliphatic carbocycles. The monoisotopic (exact) mass is 2290 g/mol. The van der Waals surface area contributed by atoms with Crippen LogP contribution in [0, 0.1) is 115 Å². The van der Waals surface area contributed by atoms with Crippen LogP contribution in [0.4, 0.5) is 13.2 Å². The summed E-state index contributed by atoms with van der Waals surface area (Å²) in [4.78, 5) is 76.5. The van der Waals surface area contributed by atoms with E-state index in [0.717, 1.165) is 102 Å². The van der Waals surface area contributed by atoms with Crippen LogP contribution in [0.2, 0.25) is 20.1 Å². The number of alkyl halides is 3. The summed E-state index contributed by atoms with van der Waals surface area (Å²) in [5.74, 6) is 3.83. The molecule has 0 N–H and O–H groups in total. The van der Waals surface area contributed by atoms with Crippen molar-refractivity contribution >= 4 is 177 Å². The van der Waals surface area contributed by atoms with Gasteiger partial charge in [-0.25, -0.2) is 0 Å². The van der Waals surface area contributed by atoms with Crippen LogP contribution in [0.5, 0.6) is 11.5 Å². The van der Waals surface area contributed by atoms with Gasteiger partial charge in [0.1, 0.15) is 34.7 Å². The number of methoxy groups -OCH3 is 2. The Morgan fingerprint density at radius 2 is 0.614 bits per heavy atom. The molecule has 744 valence electrons. The molecule has 0 saturated heterocycles. The molecule has 0 aliphatic heterocycles. The molecule has 0 heterocycles. The highest BCUT2D eigenvalue weighted by molar-refractivity contribution is 9.14. The molecule has 0 saturated carbocycles. The molecule has 6 unspecified atom stereocenters. The normalized spacial score (nSPS) is 13.9. The Hall–Kier alpha value is -3.23. The molecular weight excluding hydrogens is 2140 g/mol. The fourth-order valence-corrected chi connectivity index (χ4v) is 20.0. The first-order valence-electron chi connectivity index (χ1n) is 46.1. The van der Waals surface area contributed by atoms with E-state index in [-0.39, 0.29) is 102 Å². The zero-order valence-electron chi connectivity index (χ0n) is 86.9. The smallest absolute Gasteiger partial charge is 0.416 e. The van der Waals surface area contributed by atoms with Crippen LogP contribution in [0.15, 0.2) is 118 Å². The highest BCUT2D eigenvalue weighted by Crippen LogP contribution is 2.44. The molecule has 0 fully saturated rings. The maximum absolute atomic E-state index is 12.9. The van der Waals surface area contributed by atoms with Crippen LogP contribution in [-0.2, 0) is 73.5 Å². The number of benzene rings is 6. The molecule has 0 bridgehead atoms. The number of ether oxygens (including phenoxy) is 2. The van der Waals surface area contributed by atoms with Crippen LogP contribution in [0.1, 0.15) is 324 Å². The lowest BCUT2D eigenvalue weighted by Gasteiger charge is -2.30. The number of aryl methyl sites for hydroxylation is 1. The average molecular weight is 2300 g/mol. The fraction of sp³-hybridized carbons (Fsp3) is 0.622. The fourth-order valence-electron chi connectivity index (χ4n) is 16.1. The van der Waals surface area contributed by atoms with E-state index in [1.807, 2.05) is 160 Å². The van der Waals surface area contributed by atoms with Crippen molar-refractivity contribution in [2.75, 3.05) is 14.2 Å². The van der Waals surface area contributed by atoms with Gasteiger partial charge in [-0.15, -0.1) is 0 Å². The van der Waals surface area contributed by atoms with Crippen LogP contribution >= 0.6 is 142 Å². The first-order chi connectivity index (χ1) is 59.3. The van der Waals surface area contributed by atoms with Gasteiger partial charge in [0, 0.05) is 90.9 Å². The minimum absolute atomic E-state index is 0.00208. The van der Waals surface area contributed by atoms with E-state index in [1.54, 1.807) is 27.2 Å². The molecular formula is C111H161Br6Cl4F3O8. The summed E-state index contributed by atoms with van der Waals surface area (Å²) in [6.07, 6.45) is 5.00. The summed E-state index contributed by atoms with van der Waals surface area (Å²) in [5, 5.41) is 2.27. The van der Waals surface area contributed by atoms with Gasteiger partial charge in [0.15, 0.2) is 11.5 Å². The van der Waals surface area contributed by atoms with Crippen molar-refractivity contribution in [1.29, 1.82) is 0 Å². The van der Waals surface area contributed by atoms with Crippen molar-refractivity contribution in [2.24, 2.45) is 101 Å². The molecule has 21 heteroatoms. The third-order valence-corrected chi connectivity index (χ3v) is 29.4. The van der Waals surface area contributed by atoms with Gasteiger partial charge in [0.2, 0.25) is 0 Å². The number of rotatable bonds is 28. The SMILES string of the molecule is CC(C)(C)CC(Cc1cc(Br)c(Br)c(Br)c1)C(=O)C(C)(C)C.CC(C)(C)CC(Cc1cc(Cl)c(Br)c(Cl)c1)C(=O)C(C)(C)C.CC(C)(C)CC(Cc1ccc(Cl)c(Cl)c1)C(=O)C(C)(C)C.COc1ccc(CC(CC(C)(C)C)C(=O)C(C)(C)C)cc1OC.Cc1c(Br)cc(CC(CC(C)C)C(=O)C(C)C)cc1Br.Cc1cc(C(F)(F)F)ccc1CC(CC(C)(C)C)C(=O)C(C)(C)C. The minimum atomic E-state index is -4.34. The molecule has 0 amide bonds. The maximum Gasteiger partial charge on any atom is 0.416 e. The Morgan fingerprint density at radius 3 is 0.902 bits per heavy atom. The zero-order valence-corrected chi connectivity index (χ0v) is 99.5. The first-order valence-corrected chi connectivity index (χ1v) is 52.4. The van der Waals surface area contributed by atoms with Gasteiger partial charge in [-0.1, -0.05) is 332 Å². The first kappa shape index (κ1) is 127. The standard InChI is InChI=1S/C20H29F3O.C20H32O3.C18H25Br3O.C18H25BrCl2O.C18H26Cl2O.C17H24Br2O/c1-13-10-16(20(21,22)23)9-8-14(13)11-15(12-18(2,3)4)17(24)19(5,6)7;1-19(2,3)13-15(18(21)20(4,5)6)11-14-9-10-16(22-7)17(12-14)23-8;1-17(2,3)10-12(16(22)18(4,5)6)7-11-8-13(19)15(21)14(20)9-11;1-17(2,3)10-12(16(22)18(4,5)6)7-11-8-13(20)15(19)14(21)9-11;1-17(2,3)11-13(16(21)18(4,5)6)9-12-7-8-14(19)15(20)10-12;1-10(2)6-14(17(20)11(3)4)7-13-8-15(18)12(5)16(19)9-13/h8-10,15H,11-12H2,1-7H3;9-10,12,15H,11,13H2,1-8H3;2*8-9,12H,7,10H2,1-6H3;7-8,10,13H,9,11H2,1-6H3;8-11,14H,6-7H2,1-5H3. The number of hydrogen-bond acceptors (Lipinski definition) is 8. The van der Waals surface area contributed by atoms with Crippen molar-refractivity contribution in [3.05, 3.63) is 188 Å². The number of carbonyl (C=O) groups is 6. The van der Waals surface area contributed by atoms with E-state index in [2.05, 4.69) is 244 Å². The predicted molar refractivity (Wildman–Crippen MR) is 578 cm³/mol. The van der Waals surface area contributed by atoms with E-state index in [9.17, 15) is 41.9 Å². The summed E-state index contributed by atoms with van der Waals surface area (Å²) in [7, 11) is 3.26. The molecule has 0 aromatic heterocycles. The van der Waals surface area contributed by atoms with Crippen molar-refractivity contribution in [3.8, 4) is 11.5 Å². The van der Waals surface area contributed by atoms with Gasteiger partial charge >= 0.3 is 6.18 Å². The Balaban J connectivity index is 0.000000793. The van der Waals surface area contributed by atoms with Gasteiger partial charge in [-0.3, -0.25) is 28.8 Å². The van der Waals surface area contributed by atoms with Gasteiger partial charge in [0.05, 0.1) is 44.3 Å². The van der Waals surface area contributed by atoms with E-state index in [0.29, 0.717) is 96.4 Å². The third kappa shape index (κ3) is 47.8. The lowest BCUT2D eigenvalue weighted by atomic mass is 9.73. The lowest BCUT2D eigenvalue weighted by molar-refractivity contribution is -0.138. The lowest BCUT2D eigenvalue weighted by Crippen LogP contribution is -2.32. The molecule has 8 nitrogen and oxygen atoms in total. The molecule has 0 spiro atoms. The number of Topliss-reactive ketones (excluding diaryl/α,β-unsaturated/α-hetero) is 6. The molecule has 6 rings (SSSR count). The summed E-state index contributed by atoms with van der Waals surface area (Å²) in [5.41, 5.74) is 6.19. The highest BCUT2D eigenvalue weighted by atomic mass is 79.9. The van der Waals surface area contributed by atoms with Gasteiger partial charge in [-0.2, -0.15) is 13.2 Å². The van der Waals surface area contributed by atoms with Crippen molar-refractivity contribution in [3.63, 3.8) is 0 Å². The number of hydrogen-bond donors (Lipinski definition) is 0. The third-order valence-electron chi connectivity index (χ3n) is 22.0. The molecule has 0 aliphatic rings. The summed E-state index contributed by atoms with van der Waals surface area (Å²) < 4.78 is 55.0. The highest BCUT2D eigenvalue weighted by Gasteiger charge is 2.40. The zero-order chi connectivity index (χ0) is 103. The number of ketones is 6. The van der Waals surface area contributed by atoms with Crippen molar-refractivity contribution < 1.29 is 51.4 Å². The van der Waals surface area contributed by atoms with E-state index < -0.39 is 17.2 Å². The van der Waals surface area contributed by atoms with Crippen LogP contribution in [0.3, 0.4) is 0 Å². The van der Waals surface area contributed by atoms with Crippen LogP contribution in [-0.4, -0.2) is 48.9 Å². The van der Waals surface area contributed by atoms with E-state index in [1.165, 1.54) is 28.8 Å². The Morgan fingerprint density at radius 1 is 0.326 bits per heavy atom.